The molecule has 0 aromatic heterocycles. The first-order valence-corrected chi connectivity index (χ1v) is 10.7. The molecule has 0 aliphatic carbocycles. The van der Waals surface area contributed by atoms with Crippen molar-refractivity contribution < 1.29 is 39.3 Å². The van der Waals surface area contributed by atoms with Crippen LogP contribution in [0, 0.1) is 5.92 Å². The fraction of sp³-hybridized carbons (Fsp3) is 0.500. The lowest BCUT2D eigenvalue weighted by Crippen LogP contribution is -2.59. The smallest absolute Gasteiger partial charge is 0.326 e. The van der Waals surface area contributed by atoms with Gasteiger partial charge in [-0.25, -0.2) is 4.79 Å². The van der Waals surface area contributed by atoms with E-state index in [4.69, 9.17) is 10.8 Å². The third-order valence-corrected chi connectivity index (χ3v) is 4.97. The van der Waals surface area contributed by atoms with Crippen molar-refractivity contribution in [3.63, 3.8) is 0 Å². The number of hydrogen-bond donors (Lipinski definition) is 7. The number of carbonyl (C=O) groups excluding carboxylic acids is 3. The normalized spacial score (nSPS) is 14.4. The van der Waals surface area contributed by atoms with Gasteiger partial charge in [-0.05, 0) is 17.9 Å². The van der Waals surface area contributed by atoms with Crippen molar-refractivity contribution in [2.45, 2.75) is 57.3 Å². The lowest BCUT2D eigenvalue weighted by Gasteiger charge is -2.26. The summed E-state index contributed by atoms with van der Waals surface area (Å²) in [5.74, 6) is -5.31. The SMILES string of the molecule is CC(C)C(NC(=O)C(CO)NC(=O)C(N)CCC(=O)O)C(=O)NC(Cc1ccccc1)C(=O)O. The quantitative estimate of drug-likeness (QED) is 0.167. The van der Waals surface area contributed by atoms with Crippen LogP contribution >= 0.6 is 0 Å². The Bertz CT molecular complexity index is 862. The van der Waals surface area contributed by atoms with Crippen LogP contribution in [0.4, 0.5) is 0 Å². The molecule has 4 unspecified atom stereocenters. The maximum atomic E-state index is 12.8. The molecule has 0 radical (unpaired) electrons. The van der Waals surface area contributed by atoms with E-state index in [1.165, 1.54) is 0 Å². The Balaban J connectivity index is 2.82. The van der Waals surface area contributed by atoms with Crippen LogP contribution in [-0.4, -0.2) is 75.8 Å². The van der Waals surface area contributed by atoms with Gasteiger partial charge < -0.3 is 37.0 Å². The first-order chi connectivity index (χ1) is 16.0. The second kappa shape index (κ2) is 13.9. The summed E-state index contributed by atoms with van der Waals surface area (Å²) in [4.78, 5) is 59.8. The largest absolute Gasteiger partial charge is 0.481 e. The number of nitrogens with one attached hydrogen (secondary N) is 3. The molecule has 8 N–H and O–H groups in total. The fourth-order valence-electron chi connectivity index (χ4n) is 2.98. The molecule has 0 heterocycles. The van der Waals surface area contributed by atoms with Crippen LogP contribution in [0.2, 0.25) is 0 Å². The van der Waals surface area contributed by atoms with Gasteiger partial charge in [0.2, 0.25) is 17.7 Å². The van der Waals surface area contributed by atoms with Crippen molar-refractivity contribution in [1.82, 2.24) is 16.0 Å². The average Bonchev–Trinajstić information content (AvgIpc) is 2.78. The molecule has 188 valence electrons. The average molecular weight is 481 g/mol. The molecule has 0 bridgehead atoms. The molecule has 34 heavy (non-hydrogen) atoms. The number of carboxylic acid groups (broad SMARTS) is 2. The summed E-state index contributed by atoms with van der Waals surface area (Å²) in [6.45, 7) is 2.46. The Labute approximate surface area is 196 Å². The zero-order valence-corrected chi connectivity index (χ0v) is 19.1. The Morgan fingerprint density at radius 1 is 0.882 bits per heavy atom. The molecular weight excluding hydrogens is 448 g/mol. The lowest BCUT2D eigenvalue weighted by molar-refractivity contribution is -0.142. The summed E-state index contributed by atoms with van der Waals surface area (Å²) >= 11 is 0. The van der Waals surface area contributed by atoms with Crippen molar-refractivity contribution in [3.05, 3.63) is 35.9 Å². The van der Waals surface area contributed by atoms with E-state index in [-0.39, 0.29) is 19.3 Å². The first kappa shape index (κ1) is 28.5. The van der Waals surface area contributed by atoms with E-state index >= 15 is 0 Å². The summed E-state index contributed by atoms with van der Waals surface area (Å²) < 4.78 is 0. The number of aliphatic carboxylic acids is 2. The monoisotopic (exact) mass is 480 g/mol. The maximum Gasteiger partial charge on any atom is 0.326 e. The molecule has 12 heteroatoms. The maximum absolute atomic E-state index is 12.8. The number of hydrogen-bond acceptors (Lipinski definition) is 7. The first-order valence-electron chi connectivity index (χ1n) is 10.7. The number of carboxylic acids is 2. The molecule has 3 amide bonds. The summed E-state index contributed by atoms with van der Waals surface area (Å²) in [6.07, 6.45) is -0.492. The second-order valence-corrected chi connectivity index (χ2v) is 8.10. The zero-order chi connectivity index (χ0) is 25.8. The van der Waals surface area contributed by atoms with Crippen LogP contribution in [0.25, 0.3) is 0 Å². The van der Waals surface area contributed by atoms with Gasteiger partial charge in [0.25, 0.3) is 0 Å². The number of amides is 3. The van der Waals surface area contributed by atoms with Gasteiger partial charge in [0.15, 0.2) is 0 Å². The zero-order valence-electron chi connectivity index (χ0n) is 19.1. The van der Waals surface area contributed by atoms with Gasteiger partial charge in [0.1, 0.15) is 18.1 Å². The van der Waals surface area contributed by atoms with Gasteiger partial charge in [-0.15, -0.1) is 0 Å². The van der Waals surface area contributed by atoms with Crippen LogP contribution in [-0.2, 0) is 30.4 Å². The highest BCUT2D eigenvalue weighted by Gasteiger charge is 2.31. The standard InChI is InChI=1S/C22H32N4O8/c1-12(2)18(21(32)24-15(22(33)34)10-13-6-4-3-5-7-13)26-20(31)16(11-27)25-19(30)14(23)8-9-17(28)29/h3-7,12,14-16,18,27H,8-11,23H2,1-2H3,(H,24,32)(H,25,30)(H,26,31)(H,28,29)(H,33,34). The molecule has 4 atom stereocenters. The van der Waals surface area contributed by atoms with Gasteiger partial charge in [-0.3, -0.25) is 19.2 Å². The van der Waals surface area contributed by atoms with E-state index in [0.29, 0.717) is 5.56 Å². The van der Waals surface area contributed by atoms with Gasteiger partial charge in [-0.1, -0.05) is 44.2 Å². The number of aliphatic hydroxyl groups is 1. The van der Waals surface area contributed by atoms with Gasteiger partial charge >= 0.3 is 11.9 Å². The highest BCUT2D eigenvalue weighted by atomic mass is 16.4. The fourth-order valence-corrected chi connectivity index (χ4v) is 2.98. The third kappa shape index (κ3) is 9.55. The molecule has 1 aromatic carbocycles. The van der Waals surface area contributed by atoms with Gasteiger partial charge in [0.05, 0.1) is 12.6 Å². The van der Waals surface area contributed by atoms with Crippen LogP contribution < -0.4 is 21.7 Å². The van der Waals surface area contributed by atoms with Crippen LogP contribution in [0.1, 0.15) is 32.3 Å². The number of benzene rings is 1. The highest BCUT2D eigenvalue weighted by Crippen LogP contribution is 2.07. The Morgan fingerprint density at radius 3 is 1.97 bits per heavy atom. The molecule has 12 nitrogen and oxygen atoms in total. The molecular formula is C22H32N4O8. The van der Waals surface area contributed by atoms with Gasteiger partial charge in [-0.2, -0.15) is 0 Å². The summed E-state index contributed by atoms with van der Waals surface area (Å²) in [5.41, 5.74) is 6.30. The lowest BCUT2D eigenvalue weighted by atomic mass is 10.0. The van der Waals surface area contributed by atoms with Gasteiger partial charge in [0, 0.05) is 12.8 Å². The number of nitrogens with two attached hydrogens (primary N) is 1. The molecule has 0 saturated carbocycles. The Morgan fingerprint density at radius 2 is 1.47 bits per heavy atom. The summed E-state index contributed by atoms with van der Waals surface area (Å²) in [7, 11) is 0. The van der Waals surface area contributed by atoms with Crippen molar-refractivity contribution in [2.75, 3.05) is 6.61 Å². The van der Waals surface area contributed by atoms with E-state index in [9.17, 15) is 34.2 Å². The van der Waals surface area contributed by atoms with Crippen LogP contribution in [0.3, 0.4) is 0 Å². The van der Waals surface area contributed by atoms with E-state index in [2.05, 4.69) is 16.0 Å². The Kier molecular flexibility index (Phi) is 11.7. The van der Waals surface area contributed by atoms with Crippen molar-refractivity contribution >= 4 is 29.7 Å². The van der Waals surface area contributed by atoms with E-state index in [0.717, 1.165) is 0 Å². The third-order valence-electron chi connectivity index (χ3n) is 4.97. The molecule has 0 saturated heterocycles. The highest BCUT2D eigenvalue weighted by molar-refractivity contribution is 5.94. The summed E-state index contributed by atoms with van der Waals surface area (Å²) in [5, 5.41) is 34.8. The minimum Gasteiger partial charge on any atom is -0.481 e. The molecule has 0 aliphatic heterocycles. The summed E-state index contributed by atoms with van der Waals surface area (Å²) in [6, 6.07) is 3.64. The molecule has 0 fully saturated rings. The van der Waals surface area contributed by atoms with Crippen LogP contribution in [0.15, 0.2) is 30.3 Å². The minimum atomic E-state index is -1.45. The molecule has 0 spiro atoms. The predicted octanol–water partition coefficient (Wildman–Crippen LogP) is -1.39. The minimum absolute atomic E-state index is 0.0320. The molecule has 0 aliphatic rings. The van der Waals surface area contributed by atoms with Crippen molar-refractivity contribution in [2.24, 2.45) is 11.7 Å². The predicted molar refractivity (Wildman–Crippen MR) is 120 cm³/mol. The topological polar surface area (TPSA) is 208 Å². The van der Waals surface area contributed by atoms with Crippen molar-refractivity contribution in [1.29, 1.82) is 0 Å². The molecule has 1 rings (SSSR count). The van der Waals surface area contributed by atoms with Crippen LogP contribution in [0.5, 0.6) is 0 Å². The van der Waals surface area contributed by atoms with E-state index < -0.39 is 66.4 Å². The number of carbonyl (C=O) groups is 5. The Hall–Kier alpha value is -3.51. The number of aliphatic hydroxyl groups excluding tert-OH is 1. The second-order valence-electron chi connectivity index (χ2n) is 8.10. The van der Waals surface area contributed by atoms with Crippen molar-refractivity contribution in [3.8, 4) is 0 Å². The number of rotatable bonds is 14. The molecule has 1 aromatic rings. The van der Waals surface area contributed by atoms with E-state index in [1.54, 1.807) is 44.2 Å². The van der Waals surface area contributed by atoms with E-state index in [1.807, 2.05) is 0 Å².